The molecule has 4 nitrogen and oxygen atoms in total. The lowest BCUT2D eigenvalue weighted by Crippen LogP contribution is -2.49. The summed E-state index contributed by atoms with van der Waals surface area (Å²) < 4.78 is 6.65. The molecule has 0 aromatic carbocycles. The fourth-order valence-corrected chi connectivity index (χ4v) is 2.34. The Hall–Kier alpha value is -0.650. The largest absolute Gasteiger partial charge is 0.373 e. The lowest BCUT2D eigenvalue weighted by Gasteiger charge is -2.36. The molecular formula is C11H16BrN3O. The van der Waals surface area contributed by atoms with E-state index in [4.69, 9.17) is 10.5 Å². The van der Waals surface area contributed by atoms with Gasteiger partial charge in [0.1, 0.15) is 0 Å². The molecule has 1 aromatic rings. The standard InChI is InChI=1S/C11H16BrN3O/c1-8(13)11-7-15(4-5-16-11)10-2-3-14-6-9(10)12/h2-3,6,8,11H,4-5,7,13H2,1H3. The molecule has 1 aromatic heterocycles. The number of nitrogens with two attached hydrogens (primary N) is 1. The van der Waals surface area contributed by atoms with Gasteiger partial charge in [-0.05, 0) is 28.9 Å². The van der Waals surface area contributed by atoms with Crippen molar-refractivity contribution in [1.82, 2.24) is 4.98 Å². The van der Waals surface area contributed by atoms with Crippen LogP contribution in [-0.4, -0.2) is 36.8 Å². The number of aromatic nitrogens is 1. The first-order valence-corrected chi connectivity index (χ1v) is 6.19. The van der Waals surface area contributed by atoms with Crippen molar-refractivity contribution < 1.29 is 4.74 Å². The first-order valence-electron chi connectivity index (χ1n) is 5.40. The lowest BCUT2D eigenvalue weighted by atomic mass is 10.1. The highest BCUT2D eigenvalue weighted by atomic mass is 79.9. The quantitative estimate of drug-likeness (QED) is 0.893. The smallest absolute Gasteiger partial charge is 0.0898 e. The molecule has 2 N–H and O–H groups in total. The number of pyridine rings is 1. The van der Waals surface area contributed by atoms with Gasteiger partial charge in [0.25, 0.3) is 0 Å². The van der Waals surface area contributed by atoms with Crippen molar-refractivity contribution in [2.75, 3.05) is 24.6 Å². The van der Waals surface area contributed by atoms with Crippen LogP contribution in [0.2, 0.25) is 0 Å². The molecule has 0 radical (unpaired) electrons. The van der Waals surface area contributed by atoms with E-state index in [1.54, 1.807) is 6.20 Å². The number of nitrogens with zero attached hydrogens (tertiary/aromatic N) is 2. The zero-order valence-electron chi connectivity index (χ0n) is 9.27. The van der Waals surface area contributed by atoms with Crippen LogP contribution in [0.25, 0.3) is 0 Å². The zero-order chi connectivity index (χ0) is 11.5. The molecule has 2 rings (SSSR count). The van der Waals surface area contributed by atoms with Crippen molar-refractivity contribution >= 4 is 21.6 Å². The van der Waals surface area contributed by atoms with Crippen LogP contribution >= 0.6 is 15.9 Å². The molecule has 0 aliphatic carbocycles. The van der Waals surface area contributed by atoms with E-state index in [0.717, 1.165) is 29.9 Å². The van der Waals surface area contributed by atoms with Crippen LogP contribution in [0.3, 0.4) is 0 Å². The molecule has 88 valence electrons. The Balaban J connectivity index is 2.13. The minimum Gasteiger partial charge on any atom is -0.373 e. The first-order chi connectivity index (χ1) is 7.68. The highest BCUT2D eigenvalue weighted by Crippen LogP contribution is 2.26. The Morgan fingerprint density at radius 1 is 1.69 bits per heavy atom. The fraction of sp³-hybridized carbons (Fsp3) is 0.545. The van der Waals surface area contributed by atoms with Gasteiger partial charge in [-0.2, -0.15) is 0 Å². The normalized spacial score (nSPS) is 23.2. The zero-order valence-corrected chi connectivity index (χ0v) is 10.9. The molecule has 16 heavy (non-hydrogen) atoms. The van der Waals surface area contributed by atoms with Crippen molar-refractivity contribution in [2.45, 2.75) is 19.1 Å². The molecule has 1 aliphatic rings. The van der Waals surface area contributed by atoms with E-state index in [1.807, 2.05) is 19.2 Å². The van der Waals surface area contributed by atoms with Gasteiger partial charge in [0.05, 0.1) is 22.9 Å². The molecule has 1 aliphatic heterocycles. The van der Waals surface area contributed by atoms with E-state index in [1.165, 1.54) is 0 Å². The summed E-state index contributed by atoms with van der Waals surface area (Å²) >= 11 is 3.51. The number of anilines is 1. The molecule has 0 saturated carbocycles. The summed E-state index contributed by atoms with van der Waals surface area (Å²) in [5.74, 6) is 0. The monoisotopic (exact) mass is 285 g/mol. The van der Waals surface area contributed by atoms with Crippen LogP contribution < -0.4 is 10.6 Å². The van der Waals surface area contributed by atoms with Gasteiger partial charge in [-0.25, -0.2) is 0 Å². The Bertz CT molecular complexity index is 359. The highest BCUT2D eigenvalue weighted by molar-refractivity contribution is 9.10. The molecule has 2 unspecified atom stereocenters. The second kappa shape index (κ2) is 5.12. The summed E-state index contributed by atoms with van der Waals surface area (Å²) in [6, 6.07) is 2.07. The van der Waals surface area contributed by atoms with Crippen molar-refractivity contribution in [1.29, 1.82) is 0 Å². The SMILES string of the molecule is CC(N)C1CN(c2ccncc2Br)CCO1. The van der Waals surface area contributed by atoms with Crippen molar-refractivity contribution in [3.8, 4) is 0 Å². The second-order valence-corrected chi connectivity index (χ2v) is 4.90. The number of halogens is 1. The van der Waals surface area contributed by atoms with Crippen molar-refractivity contribution in [2.24, 2.45) is 5.73 Å². The fourth-order valence-electron chi connectivity index (χ4n) is 1.84. The maximum absolute atomic E-state index is 5.87. The average Bonchev–Trinajstić information content (AvgIpc) is 2.30. The summed E-state index contributed by atoms with van der Waals surface area (Å²) in [5.41, 5.74) is 7.03. The lowest BCUT2D eigenvalue weighted by molar-refractivity contribution is 0.0275. The molecule has 1 saturated heterocycles. The Kier molecular flexibility index (Phi) is 3.78. The maximum Gasteiger partial charge on any atom is 0.0898 e. The molecule has 2 heterocycles. The molecule has 1 fully saturated rings. The van der Waals surface area contributed by atoms with E-state index in [-0.39, 0.29) is 12.1 Å². The van der Waals surface area contributed by atoms with Gasteiger partial charge < -0.3 is 15.4 Å². The number of morpholine rings is 1. The van der Waals surface area contributed by atoms with Gasteiger partial charge in [-0.15, -0.1) is 0 Å². The van der Waals surface area contributed by atoms with E-state index >= 15 is 0 Å². The number of ether oxygens (including phenoxy) is 1. The third-order valence-corrected chi connectivity index (χ3v) is 3.38. The van der Waals surface area contributed by atoms with Crippen LogP contribution in [-0.2, 0) is 4.74 Å². The average molecular weight is 286 g/mol. The second-order valence-electron chi connectivity index (χ2n) is 4.04. The van der Waals surface area contributed by atoms with Gasteiger partial charge in [-0.1, -0.05) is 0 Å². The maximum atomic E-state index is 5.87. The summed E-state index contributed by atoms with van der Waals surface area (Å²) in [6.07, 6.45) is 3.72. The predicted octanol–water partition coefficient (Wildman–Crippen LogP) is 1.40. The van der Waals surface area contributed by atoms with Gasteiger partial charge >= 0.3 is 0 Å². The minimum absolute atomic E-state index is 0.0587. The van der Waals surface area contributed by atoms with Crippen LogP contribution in [0.4, 0.5) is 5.69 Å². The molecule has 5 heteroatoms. The Morgan fingerprint density at radius 2 is 2.50 bits per heavy atom. The number of rotatable bonds is 2. The molecular weight excluding hydrogens is 270 g/mol. The Labute approximate surface area is 104 Å². The van der Waals surface area contributed by atoms with Gasteiger partial charge in [0, 0.05) is 31.5 Å². The third kappa shape index (κ3) is 2.53. The molecule has 2 atom stereocenters. The Morgan fingerprint density at radius 3 is 3.19 bits per heavy atom. The van der Waals surface area contributed by atoms with E-state index in [9.17, 15) is 0 Å². The summed E-state index contributed by atoms with van der Waals surface area (Å²) in [6.45, 7) is 4.43. The van der Waals surface area contributed by atoms with Crippen molar-refractivity contribution in [3.63, 3.8) is 0 Å². The van der Waals surface area contributed by atoms with Gasteiger partial charge in [0.2, 0.25) is 0 Å². The summed E-state index contributed by atoms with van der Waals surface area (Å²) in [4.78, 5) is 6.35. The molecule has 0 spiro atoms. The van der Waals surface area contributed by atoms with Crippen LogP contribution in [0.15, 0.2) is 22.9 Å². The van der Waals surface area contributed by atoms with Gasteiger partial charge in [-0.3, -0.25) is 4.98 Å². The molecule has 0 bridgehead atoms. The first kappa shape index (κ1) is 11.8. The van der Waals surface area contributed by atoms with Crippen LogP contribution in [0, 0.1) is 0 Å². The topological polar surface area (TPSA) is 51.4 Å². The summed E-state index contributed by atoms with van der Waals surface area (Å²) in [5, 5.41) is 0. The van der Waals surface area contributed by atoms with Gasteiger partial charge in [0.15, 0.2) is 0 Å². The van der Waals surface area contributed by atoms with Crippen LogP contribution in [0.1, 0.15) is 6.92 Å². The van der Waals surface area contributed by atoms with E-state index < -0.39 is 0 Å². The predicted molar refractivity (Wildman–Crippen MR) is 67.5 cm³/mol. The highest BCUT2D eigenvalue weighted by Gasteiger charge is 2.24. The summed E-state index contributed by atoms with van der Waals surface area (Å²) in [7, 11) is 0. The van der Waals surface area contributed by atoms with E-state index in [0.29, 0.717) is 0 Å². The number of hydrogen-bond donors (Lipinski definition) is 1. The van der Waals surface area contributed by atoms with Crippen LogP contribution in [0.5, 0.6) is 0 Å². The minimum atomic E-state index is 0.0587. The molecule has 0 amide bonds. The number of hydrogen-bond acceptors (Lipinski definition) is 4. The van der Waals surface area contributed by atoms with E-state index in [2.05, 4.69) is 25.8 Å². The van der Waals surface area contributed by atoms with Crippen molar-refractivity contribution in [3.05, 3.63) is 22.9 Å². The third-order valence-electron chi connectivity index (χ3n) is 2.77.